The zero-order valence-electron chi connectivity index (χ0n) is 15.7. The van der Waals surface area contributed by atoms with Crippen molar-refractivity contribution in [1.29, 1.82) is 0 Å². The Bertz CT molecular complexity index is 778. The maximum absolute atomic E-state index is 12.8. The van der Waals surface area contributed by atoms with E-state index in [1.165, 1.54) is 5.56 Å². The Morgan fingerprint density at radius 1 is 1.22 bits per heavy atom. The normalized spacial score (nSPS) is 26.7. The molecule has 3 aliphatic rings. The predicted molar refractivity (Wildman–Crippen MR) is 99.8 cm³/mol. The van der Waals surface area contributed by atoms with E-state index in [2.05, 4.69) is 28.5 Å². The van der Waals surface area contributed by atoms with Crippen LogP contribution in [0.5, 0.6) is 0 Å². The molecule has 3 amide bonds. The number of imide groups is 1. The first-order valence-electron chi connectivity index (χ1n) is 9.74. The summed E-state index contributed by atoms with van der Waals surface area (Å²) in [6, 6.07) is 5.93. The summed E-state index contributed by atoms with van der Waals surface area (Å²) in [7, 11) is 0. The molecule has 1 unspecified atom stereocenters. The van der Waals surface area contributed by atoms with Crippen molar-refractivity contribution in [2.24, 2.45) is 0 Å². The molecule has 0 bridgehead atoms. The van der Waals surface area contributed by atoms with Crippen molar-refractivity contribution in [2.75, 3.05) is 19.6 Å². The van der Waals surface area contributed by atoms with Crippen LogP contribution >= 0.6 is 0 Å². The maximum atomic E-state index is 12.8. The molecule has 2 N–H and O–H groups in total. The topological polar surface area (TPSA) is 81.8 Å². The lowest BCUT2D eigenvalue weighted by atomic mass is 10.0. The van der Waals surface area contributed by atoms with E-state index in [0.29, 0.717) is 24.6 Å². The van der Waals surface area contributed by atoms with Crippen LogP contribution in [0, 0.1) is 0 Å². The molecule has 0 aliphatic carbocycles. The number of carbonyl (C=O) groups is 3. The summed E-state index contributed by atoms with van der Waals surface area (Å²) in [5.41, 5.74) is 2.84. The minimum absolute atomic E-state index is 0.113. The van der Waals surface area contributed by atoms with Gasteiger partial charge in [-0.15, -0.1) is 0 Å². The van der Waals surface area contributed by atoms with Gasteiger partial charge in [0.25, 0.3) is 5.91 Å². The fraction of sp³-hybridized carbons (Fsp3) is 0.550. The second-order valence-electron chi connectivity index (χ2n) is 7.77. The third kappa shape index (κ3) is 3.61. The Balaban J connectivity index is 1.49. The zero-order chi connectivity index (χ0) is 19.0. The van der Waals surface area contributed by atoms with Gasteiger partial charge in [-0.25, -0.2) is 0 Å². The monoisotopic (exact) mass is 370 g/mol. The summed E-state index contributed by atoms with van der Waals surface area (Å²) < 4.78 is 0. The van der Waals surface area contributed by atoms with Gasteiger partial charge in [-0.3, -0.25) is 24.6 Å². The molecule has 0 spiro atoms. The SMILES string of the molecule is C[C@@H]1CNCCCN1Cc1ccc2c(c1)CN(C1CCC(=O)NC1=O)C2=O. The van der Waals surface area contributed by atoms with Crippen LogP contribution in [0.25, 0.3) is 0 Å². The molecule has 3 heterocycles. The molecule has 4 rings (SSSR count). The van der Waals surface area contributed by atoms with Gasteiger partial charge in [0.05, 0.1) is 0 Å². The summed E-state index contributed by atoms with van der Waals surface area (Å²) in [5.74, 6) is -0.735. The molecule has 0 aromatic heterocycles. The number of benzene rings is 1. The average Bonchev–Trinajstić information content (AvgIpc) is 2.81. The molecule has 0 radical (unpaired) electrons. The molecule has 3 aliphatic heterocycles. The highest BCUT2D eigenvalue weighted by molar-refractivity contribution is 6.05. The van der Waals surface area contributed by atoms with E-state index in [1.54, 1.807) is 4.90 Å². The third-order valence-electron chi connectivity index (χ3n) is 5.84. The first-order valence-corrected chi connectivity index (χ1v) is 9.74. The first-order chi connectivity index (χ1) is 13.0. The molecule has 2 fully saturated rings. The fourth-order valence-corrected chi connectivity index (χ4v) is 4.26. The van der Waals surface area contributed by atoms with Crippen LogP contribution in [0.2, 0.25) is 0 Å². The molecule has 2 atom stereocenters. The van der Waals surface area contributed by atoms with E-state index in [-0.39, 0.29) is 24.1 Å². The Morgan fingerprint density at radius 3 is 2.89 bits per heavy atom. The largest absolute Gasteiger partial charge is 0.322 e. The highest BCUT2D eigenvalue weighted by atomic mass is 16.2. The number of carbonyl (C=O) groups excluding carboxylic acids is 3. The van der Waals surface area contributed by atoms with Crippen LogP contribution in [-0.4, -0.2) is 59.2 Å². The van der Waals surface area contributed by atoms with Crippen molar-refractivity contribution < 1.29 is 14.4 Å². The van der Waals surface area contributed by atoms with E-state index in [0.717, 1.165) is 38.2 Å². The van der Waals surface area contributed by atoms with Gasteiger partial charge in [0.1, 0.15) is 6.04 Å². The van der Waals surface area contributed by atoms with Gasteiger partial charge in [-0.1, -0.05) is 12.1 Å². The van der Waals surface area contributed by atoms with E-state index in [1.807, 2.05) is 12.1 Å². The quantitative estimate of drug-likeness (QED) is 0.763. The van der Waals surface area contributed by atoms with Gasteiger partial charge in [0.15, 0.2) is 0 Å². The number of amides is 3. The molecule has 27 heavy (non-hydrogen) atoms. The van der Waals surface area contributed by atoms with Crippen molar-refractivity contribution >= 4 is 17.7 Å². The minimum Gasteiger partial charge on any atom is -0.322 e. The van der Waals surface area contributed by atoms with Crippen molar-refractivity contribution in [1.82, 2.24) is 20.4 Å². The van der Waals surface area contributed by atoms with Gasteiger partial charge >= 0.3 is 0 Å². The minimum atomic E-state index is -0.553. The van der Waals surface area contributed by atoms with Gasteiger partial charge in [0.2, 0.25) is 11.8 Å². The average molecular weight is 370 g/mol. The highest BCUT2D eigenvalue weighted by Crippen LogP contribution is 2.28. The van der Waals surface area contributed by atoms with E-state index >= 15 is 0 Å². The van der Waals surface area contributed by atoms with E-state index < -0.39 is 6.04 Å². The summed E-state index contributed by atoms with van der Waals surface area (Å²) in [6.45, 7) is 6.65. The summed E-state index contributed by atoms with van der Waals surface area (Å²) in [6.07, 6.45) is 1.81. The molecule has 2 saturated heterocycles. The number of nitrogens with one attached hydrogen (secondary N) is 2. The number of hydrogen-bond acceptors (Lipinski definition) is 5. The number of piperidine rings is 1. The Hall–Kier alpha value is -2.25. The lowest BCUT2D eigenvalue weighted by molar-refractivity contribution is -0.136. The molecule has 144 valence electrons. The molecular weight excluding hydrogens is 344 g/mol. The van der Waals surface area contributed by atoms with Crippen LogP contribution in [-0.2, 0) is 22.7 Å². The standard InChI is InChI=1S/C20H26N4O3/c1-13-10-21-7-2-8-23(13)11-14-3-4-16-15(9-14)12-24(20(16)27)17-5-6-18(25)22-19(17)26/h3-4,9,13,17,21H,2,5-8,10-12H2,1H3,(H,22,25,26)/t13-,17?/m1/s1. The number of hydrogen-bond donors (Lipinski definition) is 2. The van der Waals surface area contributed by atoms with Crippen molar-refractivity contribution in [3.05, 3.63) is 34.9 Å². The molecule has 7 heteroatoms. The first kappa shape index (κ1) is 18.1. The van der Waals surface area contributed by atoms with Crippen LogP contribution in [0.1, 0.15) is 47.7 Å². The van der Waals surface area contributed by atoms with Crippen LogP contribution in [0.4, 0.5) is 0 Å². The molecular formula is C20H26N4O3. The number of nitrogens with zero attached hydrogens (tertiary/aromatic N) is 2. The van der Waals surface area contributed by atoms with E-state index in [4.69, 9.17) is 0 Å². The van der Waals surface area contributed by atoms with Crippen LogP contribution in [0.15, 0.2) is 18.2 Å². The Kier molecular flexibility index (Phi) is 4.97. The Morgan fingerprint density at radius 2 is 2.07 bits per heavy atom. The molecule has 7 nitrogen and oxygen atoms in total. The Labute approximate surface area is 159 Å². The fourth-order valence-electron chi connectivity index (χ4n) is 4.26. The molecule has 1 aromatic carbocycles. The number of fused-ring (bicyclic) bond motifs is 1. The van der Waals surface area contributed by atoms with Crippen molar-refractivity contribution in [3.8, 4) is 0 Å². The second-order valence-corrected chi connectivity index (χ2v) is 7.77. The lowest BCUT2D eigenvalue weighted by Gasteiger charge is -2.29. The van der Waals surface area contributed by atoms with E-state index in [9.17, 15) is 14.4 Å². The van der Waals surface area contributed by atoms with Crippen LogP contribution < -0.4 is 10.6 Å². The smallest absolute Gasteiger partial charge is 0.255 e. The lowest BCUT2D eigenvalue weighted by Crippen LogP contribution is -2.52. The zero-order valence-corrected chi connectivity index (χ0v) is 15.7. The molecule has 1 aromatic rings. The highest BCUT2D eigenvalue weighted by Gasteiger charge is 2.39. The van der Waals surface area contributed by atoms with Gasteiger partial charge < -0.3 is 10.2 Å². The van der Waals surface area contributed by atoms with Crippen molar-refractivity contribution in [2.45, 2.75) is 51.4 Å². The summed E-state index contributed by atoms with van der Waals surface area (Å²) in [4.78, 5) is 40.4. The van der Waals surface area contributed by atoms with Crippen LogP contribution in [0.3, 0.4) is 0 Å². The van der Waals surface area contributed by atoms with Gasteiger partial charge in [-0.05, 0) is 43.5 Å². The number of rotatable bonds is 3. The molecule has 0 saturated carbocycles. The van der Waals surface area contributed by atoms with Gasteiger partial charge in [0, 0.05) is 44.2 Å². The summed E-state index contributed by atoms with van der Waals surface area (Å²) >= 11 is 0. The van der Waals surface area contributed by atoms with Crippen molar-refractivity contribution in [3.63, 3.8) is 0 Å². The predicted octanol–water partition coefficient (Wildman–Crippen LogP) is 0.631. The van der Waals surface area contributed by atoms with Gasteiger partial charge in [-0.2, -0.15) is 0 Å². The third-order valence-corrected chi connectivity index (χ3v) is 5.84. The summed E-state index contributed by atoms with van der Waals surface area (Å²) in [5, 5.41) is 5.80. The maximum Gasteiger partial charge on any atom is 0.255 e. The second kappa shape index (κ2) is 7.40.